The largest absolute Gasteiger partial charge is 0.361 e. The van der Waals surface area contributed by atoms with Gasteiger partial charge in [0.15, 0.2) is 0 Å². The zero-order chi connectivity index (χ0) is 12.9. The number of hydrogen-bond donors (Lipinski definition) is 0. The number of nitrogens with zero attached hydrogens (tertiary/aromatic N) is 1. The van der Waals surface area contributed by atoms with Crippen molar-refractivity contribution in [3.8, 4) is 0 Å². The first kappa shape index (κ1) is 14.8. The fourth-order valence-electron chi connectivity index (χ4n) is 1.60. The molecule has 0 radical (unpaired) electrons. The number of rotatable bonds is 7. The van der Waals surface area contributed by atoms with Crippen LogP contribution in [0.25, 0.3) is 0 Å². The van der Waals surface area contributed by atoms with Gasteiger partial charge in [-0.1, -0.05) is 44.6 Å². The van der Waals surface area contributed by atoms with Gasteiger partial charge in [0.1, 0.15) is 6.73 Å². The van der Waals surface area contributed by atoms with Gasteiger partial charge in [0.25, 0.3) is 0 Å². The minimum absolute atomic E-state index is 0.619. The minimum Gasteiger partial charge on any atom is -0.361 e. The number of halogens is 1. The van der Waals surface area contributed by atoms with Crippen LogP contribution in [0.15, 0.2) is 12.4 Å². The highest BCUT2D eigenvalue weighted by Crippen LogP contribution is 2.18. The number of aryl methyl sites for hydroxylation is 1. The quantitative estimate of drug-likeness (QED) is 0.530. The van der Waals surface area contributed by atoms with Gasteiger partial charge in [0, 0.05) is 27.1 Å². The van der Waals surface area contributed by atoms with Gasteiger partial charge in [-0.05, 0) is 18.0 Å². The molecule has 1 aromatic heterocycles. The Labute approximate surface area is 111 Å². The highest BCUT2D eigenvalue weighted by molar-refractivity contribution is 6.76. The van der Waals surface area contributed by atoms with E-state index in [4.69, 9.17) is 16.3 Å². The Morgan fingerprint density at radius 3 is 2.59 bits per heavy atom. The topological polar surface area (TPSA) is 14.2 Å². The molecule has 0 aliphatic rings. The summed E-state index contributed by atoms with van der Waals surface area (Å²) in [6.45, 7) is 10.7. The maximum atomic E-state index is 6.14. The van der Waals surface area contributed by atoms with E-state index in [-0.39, 0.29) is 0 Å². The molecule has 0 aliphatic heterocycles. The summed E-state index contributed by atoms with van der Waals surface area (Å²) in [6, 6.07) is 1.21. The molecular formula is C13H24ClNOSi. The molecule has 0 aliphatic carbocycles. The van der Waals surface area contributed by atoms with Crippen LogP contribution in [-0.4, -0.2) is 19.2 Å². The van der Waals surface area contributed by atoms with Crippen molar-refractivity contribution < 1.29 is 4.74 Å². The van der Waals surface area contributed by atoms with Crippen molar-refractivity contribution in [3.63, 3.8) is 0 Å². The van der Waals surface area contributed by atoms with Gasteiger partial charge in [0.05, 0.1) is 5.02 Å². The summed E-state index contributed by atoms with van der Waals surface area (Å²) in [6.07, 6.45) is 6.22. The summed E-state index contributed by atoms with van der Waals surface area (Å²) in [5.41, 5.74) is 1.22. The Balaban J connectivity index is 2.34. The lowest BCUT2D eigenvalue weighted by molar-refractivity contribution is 0.0874. The molecule has 1 rings (SSSR count). The Kier molecular flexibility index (Phi) is 5.76. The van der Waals surface area contributed by atoms with Gasteiger partial charge in [-0.15, -0.1) is 0 Å². The molecule has 0 N–H and O–H groups in total. The molecule has 17 heavy (non-hydrogen) atoms. The Morgan fingerprint density at radius 1 is 1.29 bits per heavy atom. The summed E-state index contributed by atoms with van der Waals surface area (Å²) in [5.74, 6) is 0. The van der Waals surface area contributed by atoms with Crippen molar-refractivity contribution in [1.29, 1.82) is 0 Å². The lowest BCUT2D eigenvalue weighted by atomic mass is 10.2. The molecule has 98 valence electrons. The van der Waals surface area contributed by atoms with Crippen molar-refractivity contribution in [2.75, 3.05) is 6.61 Å². The van der Waals surface area contributed by atoms with E-state index in [0.29, 0.717) is 6.73 Å². The zero-order valence-corrected chi connectivity index (χ0v) is 13.2. The van der Waals surface area contributed by atoms with Crippen LogP contribution >= 0.6 is 11.6 Å². The van der Waals surface area contributed by atoms with Gasteiger partial charge >= 0.3 is 0 Å². The van der Waals surface area contributed by atoms with E-state index < -0.39 is 8.07 Å². The molecule has 2 nitrogen and oxygen atoms in total. The summed E-state index contributed by atoms with van der Waals surface area (Å²) in [5, 5.41) is 0.862. The summed E-state index contributed by atoms with van der Waals surface area (Å²) in [7, 11) is -0.974. The molecule has 0 amide bonds. The third kappa shape index (κ3) is 5.75. The average molecular weight is 274 g/mol. The van der Waals surface area contributed by atoms with E-state index in [1.54, 1.807) is 0 Å². The van der Waals surface area contributed by atoms with Crippen molar-refractivity contribution in [2.45, 2.75) is 52.2 Å². The Hall–Kier alpha value is -0.253. The monoisotopic (exact) mass is 273 g/mol. The maximum Gasteiger partial charge on any atom is 0.122 e. The SMILES string of the molecule is CCCc1cn(COCC[Si](C)(C)C)cc1Cl. The molecular weight excluding hydrogens is 250 g/mol. The maximum absolute atomic E-state index is 6.14. The van der Waals surface area contributed by atoms with Gasteiger partial charge in [-0.25, -0.2) is 0 Å². The second-order valence-corrected chi connectivity index (χ2v) is 11.8. The first-order valence-corrected chi connectivity index (χ1v) is 10.4. The highest BCUT2D eigenvalue weighted by Gasteiger charge is 2.12. The van der Waals surface area contributed by atoms with Gasteiger partial charge < -0.3 is 9.30 Å². The van der Waals surface area contributed by atoms with Crippen LogP contribution in [0.5, 0.6) is 0 Å². The smallest absolute Gasteiger partial charge is 0.122 e. The van der Waals surface area contributed by atoms with Gasteiger partial charge in [-0.2, -0.15) is 0 Å². The van der Waals surface area contributed by atoms with Crippen LogP contribution in [0, 0.1) is 0 Å². The van der Waals surface area contributed by atoms with Crippen molar-refractivity contribution in [2.24, 2.45) is 0 Å². The van der Waals surface area contributed by atoms with Crippen LogP contribution in [0.4, 0.5) is 0 Å². The Morgan fingerprint density at radius 2 is 2.00 bits per heavy atom. The number of aromatic nitrogens is 1. The van der Waals surface area contributed by atoms with E-state index in [1.165, 1.54) is 11.6 Å². The molecule has 0 fully saturated rings. The predicted molar refractivity (Wildman–Crippen MR) is 77.5 cm³/mol. The third-order valence-electron chi connectivity index (χ3n) is 2.66. The second-order valence-electron chi connectivity index (χ2n) is 5.74. The lowest BCUT2D eigenvalue weighted by Gasteiger charge is -2.15. The first-order valence-electron chi connectivity index (χ1n) is 6.34. The molecule has 0 saturated carbocycles. The van der Waals surface area contributed by atoms with Crippen molar-refractivity contribution in [3.05, 3.63) is 23.0 Å². The van der Waals surface area contributed by atoms with E-state index >= 15 is 0 Å². The standard InChI is InChI=1S/C13H24ClNOSi/c1-5-6-12-9-15(10-13(12)14)11-16-7-8-17(2,3)4/h9-10H,5-8,11H2,1-4H3. The summed E-state index contributed by atoms with van der Waals surface area (Å²) in [4.78, 5) is 0. The molecule has 0 unspecified atom stereocenters. The molecule has 1 aromatic rings. The number of ether oxygens (including phenoxy) is 1. The summed E-state index contributed by atoms with van der Waals surface area (Å²) < 4.78 is 7.72. The van der Waals surface area contributed by atoms with E-state index in [9.17, 15) is 0 Å². The lowest BCUT2D eigenvalue weighted by Crippen LogP contribution is -2.21. The first-order chi connectivity index (χ1) is 7.92. The van der Waals surface area contributed by atoms with Gasteiger partial charge in [0.2, 0.25) is 0 Å². The highest BCUT2D eigenvalue weighted by atomic mass is 35.5. The predicted octanol–water partition coefficient (Wildman–Crippen LogP) is 4.41. The fourth-order valence-corrected chi connectivity index (χ4v) is 2.63. The summed E-state index contributed by atoms with van der Waals surface area (Å²) >= 11 is 6.14. The minimum atomic E-state index is -0.974. The molecule has 4 heteroatoms. The molecule has 1 heterocycles. The van der Waals surface area contributed by atoms with E-state index in [0.717, 1.165) is 24.5 Å². The average Bonchev–Trinajstić information content (AvgIpc) is 2.54. The third-order valence-corrected chi connectivity index (χ3v) is 4.71. The van der Waals surface area contributed by atoms with Crippen molar-refractivity contribution >= 4 is 19.7 Å². The van der Waals surface area contributed by atoms with Crippen LogP contribution in [0.3, 0.4) is 0 Å². The fraction of sp³-hybridized carbons (Fsp3) is 0.692. The van der Waals surface area contributed by atoms with Crippen LogP contribution in [-0.2, 0) is 17.9 Å². The second kappa shape index (κ2) is 6.62. The van der Waals surface area contributed by atoms with E-state index in [1.807, 2.05) is 10.8 Å². The Bertz CT molecular complexity index is 344. The normalized spacial score (nSPS) is 12.1. The van der Waals surface area contributed by atoms with Crippen LogP contribution < -0.4 is 0 Å². The number of hydrogen-bond acceptors (Lipinski definition) is 1. The van der Waals surface area contributed by atoms with Crippen LogP contribution in [0.2, 0.25) is 30.7 Å². The molecule has 0 atom stereocenters. The molecule has 0 aromatic carbocycles. The zero-order valence-electron chi connectivity index (χ0n) is 11.4. The van der Waals surface area contributed by atoms with E-state index in [2.05, 4.69) is 32.8 Å². The molecule has 0 saturated heterocycles. The molecule has 0 bridgehead atoms. The van der Waals surface area contributed by atoms with Crippen molar-refractivity contribution in [1.82, 2.24) is 4.57 Å². The molecule has 0 spiro atoms. The van der Waals surface area contributed by atoms with Crippen LogP contribution in [0.1, 0.15) is 18.9 Å². The van der Waals surface area contributed by atoms with Gasteiger partial charge in [-0.3, -0.25) is 0 Å².